The number of aromatic nitrogens is 1. The second kappa shape index (κ2) is 4.18. The molecule has 0 unspecified atom stereocenters. The number of hydrogen-bond acceptors (Lipinski definition) is 2. The van der Waals surface area contributed by atoms with E-state index in [9.17, 15) is 4.79 Å². The van der Waals surface area contributed by atoms with E-state index in [1.54, 1.807) is 19.1 Å². The Balaban J connectivity index is 2.62. The first-order valence-electron chi connectivity index (χ1n) is 5.07. The molecule has 2 aromatic rings. The topological polar surface area (TPSA) is 30.7 Å². The lowest BCUT2D eigenvalue weighted by Gasteiger charge is -2.02. The summed E-state index contributed by atoms with van der Waals surface area (Å²) >= 11 is 5.92. The molecule has 0 radical (unpaired) electrons. The molecular weight excluding hydrogens is 226 g/mol. The average Bonchev–Trinajstić information content (AvgIpc) is 2.53. The van der Waals surface area contributed by atoms with Gasteiger partial charge in [0.2, 0.25) is 0 Å². The molecule has 0 atom stereocenters. The van der Waals surface area contributed by atoms with E-state index in [1.807, 2.05) is 23.7 Å². The summed E-state index contributed by atoms with van der Waals surface area (Å²) in [6.07, 6.45) is 3.71. The Morgan fingerprint density at radius 1 is 1.56 bits per heavy atom. The maximum atomic E-state index is 11.8. The summed E-state index contributed by atoms with van der Waals surface area (Å²) in [4.78, 5) is 11.8. The van der Waals surface area contributed by atoms with Crippen LogP contribution in [0.2, 0.25) is 5.02 Å². The molecule has 84 valence electrons. The van der Waals surface area contributed by atoms with Crippen molar-refractivity contribution in [3.63, 3.8) is 0 Å². The summed E-state index contributed by atoms with van der Waals surface area (Å²) in [5, 5.41) is 0.608. The second-order valence-electron chi connectivity index (χ2n) is 3.55. The van der Waals surface area contributed by atoms with Crippen LogP contribution in [0.25, 0.3) is 5.52 Å². The van der Waals surface area contributed by atoms with Crippen molar-refractivity contribution < 1.29 is 9.53 Å². The molecule has 0 saturated heterocycles. The number of halogens is 1. The molecule has 0 aromatic carbocycles. The lowest BCUT2D eigenvalue weighted by atomic mass is 10.2. The number of aryl methyl sites for hydroxylation is 1. The van der Waals surface area contributed by atoms with Crippen molar-refractivity contribution in [1.29, 1.82) is 0 Å². The normalized spacial score (nSPS) is 10.7. The van der Waals surface area contributed by atoms with E-state index in [1.165, 1.54) is 0 Å². The molecule has 0 aliphatic rings. The highest BCUT2D eigenvalue weighted by Gasteiger charge is 2.16. The van der Waals surface area contributed by atoms with Crippen LogP contribution in [-0.2, 0) is 4.74 Å². The Morgan fingerprint density at radius 2 is 2.31 bits per heavy atom. The largest absolute Gasteiger partial charge is 0.462 e. The number of carbonyl (C=O) groups is 1. The standard InChI is InChI=1S/C12H12ClNO2/c1-3-16-12(15)11-8(2)7-14-5-4-9(13)6-10(11)14/h4-7H,3H2,1-2H3. The third kappa shape index (κ3) is 1.78. The molecule has 3 nitrogen and oxygen atoms in total. The van der Waals surface area contributed by atoms with Gasteiger partial charge in [-0.1, -0.05) is 11.6 Å². The van der Waals surface area contributed by atoms with Crippen LogP contribution < -0.4 is 0 Å². The SMILES string of the molecule is CCOC(=O)c1c(C)cn2ccc(Cl)cc12. The van der Waals surface area contributed by atoms with Gasteiger partial charge in [-0.15, -0.1) is 0 Å². The fourth-order valence-corrected chi connectivity index (χ4v) is 1.90. The van der Waals surface area contributed by atoms with Crippen molar-refractivity contribution in [1.82, 2.24) is 4.40 Å². The molecule has 0 amide bonds. The Bertz CT molecular complexity index is 545. The van der Waals surface area contributed by atoms with E-state index < -0.39 is 0 Å². The van der Waals surface area contributed by atoms with Gasteiger partial charge in [-0.2, -0.15) is 0 Å². The molecule has 2 aromatic heterocycles. The van der Waals surface area contributed by atoms with Crippen LogP contribution in [0.5, 0.6) is 0 Å². The highest BCUT2D eigenvalue weighted by atomic mass is 35.5. The second-order valence-corrected chi connectivity index (χ2v) is 3.98. The summed E-state index contributed by atoms with van der Waals surface area (Å²) in [5.74, 6) is -0.301. The molecule has 16 heavy (non-hydrogen) atoms. The quantitative estimate of drug-likeness (QED) is 0.752. The highest BCUT2D eigenvalue weighted by Crippen LogP contribution is 2.22. The Kier molecular flexibility index (Phi) is 2.88. The lowest BCUT2D eigenvalue weighted by Crippen LogP contribution is -2.05. The number of fused-ring (bicyclic) bond motifs is 1. The summed E-state index contributed by atoms with van der Waals surface area (Å²) < 4.78 is 6.89. The smallest absolute Gasteiger partial charge is 0.340 e. The fourth-order valence-electron chi connectivity index (χ4n) is 1.74. The molecular formula is C12H12ClNO2. The first kappa shape index (κ1) is 11.0. The van der Waals surface area contributed by atoms with Crippen LogP contribution in [0.1, 0.15) is 22.8 Å². The minimum Gasteiger partial charge on any atom is -0.462 e. The van der Waals surface area contributed by atoms with Crippen molar-refractivity contribution >= 4 is 23.1 Å². The fraction of sp³-hybridized carbons (Fsp3) is 0.250. The lowest BCUT2D eigenvalue weighted by molar-refractivity contribution is 0.0528. The van der Waals surface area contributed by atoms with Gasteiger partial charge in [0.1, 0.15) is 0 Å². The van der Waals surface area contributed by atoms with Gasteiger partial charge in [-0.05, 0) is 31.5 Å². The van der Waals surface area contributed by atoms with Crippen LogP contribution in [0.15, 0.2) is 24.5 Å². The van der Waals surface area contributed by atoms with E-state index in [0.29, 0.717) is 17.2 Å². The van der Waals surface area contributed by atoms with E-state index in [2.05, 4.69) is 0 Å². The van der Waals surface area contributed by atoms with Crippen LogP contribution in [-0.4, -0.2) is 17.0 Å². The summed E-state index contributed by atoms with van der Waals surface area (Å²) in [7, 11) is 0. The van der Waals surface area contributed by atoms with E-state index in [-0.39, 0.29) is 5.97 Å². The maximum absolute atomic E-state index is 11.8. The van der Waals surface area contributed by atoms with Crippen molar-refractivity contribution in [2.75, 3.05) is 6.61 Å². The Morgan fingerprint density at radius 3 is 3.00 bits per heavy atom. The molecule has 0 aliphatic carbocycles. The van der Waals surface area contributed by atoms with Gasteiger partial charge >= 0.3 is 5.97 Å². The van der Waals surface area contributed by atoms with Crippen LogP contribution in [0, 0.1) is 6.92 Å². The van der Waals surface area contributed by atoms with Crippen molar-refractivity contribution in [3.8, 4) is 0 Å². The number of rotatable bonds is 2. The number of esters is 1. The predicted octanol–water partition coefficient (Wildman–Crippen LogP) is 3.08. The number of ether oxygens (including phenoxy) is 1. The molecule has 0 spiro atoms. The van der Waals surface area contributed by atoms with Crippen LogP contribution in [0.3, 0.4) is 0 Å². The summed E-state index contributed by atoms with van der Waals surface area (Å²) in [6, 6.07) is 3.55. The van der Waals surface area contributed by atoms with E-state index in [0.717, 1.165) is 11.1 Å². The molecule has 0 saturated carbocycles. The Hall–Kier alpha value is -1.48. The van der Waals surface area contributed by atoms with E-state index >= 15 is 0 Å². The maximum Gasteiger partial charge on any atom is 0.340 e. The Labute approximate surface area is 98.6 Å². The third-order valence-corrected chi connectivity index (χ3v) is 2.64. The highest BCUT2D eigenvalue weighted by molar-refractivity contribution is 6.31. The third-order valence-electron chi connectivity index (χ3n) is 2.41. The molecule has 0 N–H and O–H groups in total. The number of pyridine rings is 1. The summed E-state index contributed by atoms with van der Waals surface area (Å²) in [6.45, 7) is 4.04. The molecule has 0 bridgehead atoms. The average molecular weight is 238 g/mol. The van der Waals surface area contributed by atoms with Crippen LogP contribution in [0.4, 0.5) is 0 Å². The van der Waals surface area contributed by atoms with Crippen molar-refractivity contribution in [2.24, 2.45) is 0 Å². The van der Waals surface area contributed by atoms with Crippen molar-refractivity contribution in [2.45, 2.75) is 13.8 Å². The van der Waals surface area contributed by atoms with Crippen LogP contribution >= 0.6 is 11.6 Å². The molecule has 2 heterocycles. The van der Waals surface area contributed by atoms with Gasteiger partial charge in [-0.25, -0.2) is 4.79 Å². The zero-order valence-electron chi connectivity index (χ0n) is 9.16. The molecule has 2 rings (SSSR count). The van der Waals surface area contributed by atoms with Gasteiger partial charge in [0.15, 0.2) is 0 Å². The monoisotopic (exact) mass is 237 g/mol. The zero-order valence-corrected chi connectivity index (χ0v) is 9.91. The summed E-state index contributed by atoms with van der Waals surface area (Å²) in [5.41, 5.74) is 2.26. The van der Waals surface area contributed by atoms with E-state index in [4.69, 9.17) is 16.3 Å². The van der Waals surface area contributed by atoms with Gasteiger partial charge in [0, 0.05) is 17.4 Å². The van der Waals surface area contributed by atoms with Gasteiger partial charge < -0.3 is 9.14 Å². The number of nitrogens with zero attached hydrogens (tertiary/aromatic N) is 1. The zero-order chi connectivity index (χ0) is 11.7. The first-order valence-corrected chi connectivity index (χ1v) is 5.45. The predicted molar refractivity (Wildman–Crippen MR) is 63.1 cm³/mol. The first-order chi connectivity index (χ1) is 7.63. The van der Waals surface area contributed by atoms with Gasteiger partial charge in [0.05, 0.1) is 17.7 Å². The van der Waals surface area contributed by atoms with Gasteiger partial charge in [-0.3, -0.25) is 0 Å². The number of hydrogen-bond donors (Lipinski definition) is 0. The van der Waals surface area contributed by atoms with Crippen molar-refractivity contribution in [3.05, 3.63) is 40.7 Å². The minimum absolute atomic E-state index is 0.301. The number of carbonyl (C=O) groups excluding carboxylic acids is 1. The molecule has 0 fully saturated rings. The van der Waals surface area contributed by atoms with Gasteiger partial charge in [0.25, 0.3) is 0 Å². The molecule has 4 heteroatoms. The molecule has 0 aliphatic heterocycles. The minimum atomic E-state index is -0.301.